The number of benzene rings is 1. The molecule has 1 rings (SSSR count). The number of phenols is 3. The fourth-order valence-corrected chi connectivity index (χ4v) is 0.702. The average molecular weight is 157 g/mol. The van der Waals surface area contributed by atoms with Crippen LogP contribution in [0.2, 0.25) is 0 Å². The summed E-state index contributed by atoms with van der Waals surface area (Å²) in [6.45, 7) is 0. The van der Waals surface area contributed by atoms with Gasteiger partial charge < -0.3 is 15.3 Å². The van der Waals surface area contributed by atoms with E-state index in [1.54, 1.807) is 0 Å². The molecule has 0 amide bonds. The van der Waals surface area contributed by atoms with E-state index in [-0.39, 0.29) is 22.1 Å². The van der Waals surface area contributed by atoms with Crippen LogP contribution >= 0.6 is 12.6 Å². The molecule has 1 aromatic carbocycles. The molecule has 1 aromatic rings. The smallest absolute Gasteiger partial charge is 0.141 e. The van der Waals surface area contributed by atoms with Crippen molar-refractivity contribution >= 4 is 12.6 Å². The predicted molar refractivity (Wildman–Crippen MR) is 37.3 cm³/mol. The molecule has 53 valence electrons. The number of phenolic OH excluding ortho intramolecular Hbond substituents is 3. The molecular formula is C6H5O3S. The van der Waals surface area contributed by atoms with Gasteiger partial charge in [0, 0.05) is 12.1 Å². The van der Waals surface area contributed by atoms with Gasteiger partial charge in [-0.05, 0) is 0 Å². The van der Waals surface area contributed by atoms with Gasteiger partial charge in [-0.2, -0.15) is 0 Å². The van der Waals surface area contributed by atoms with Gasteiger partial charge in [-0.1, -0.05) is 12.6 Å². The van der Waals surface area contributed by atoms with Crippen LogP contribution in [0.15, 0.2) is 17.0 Å². The van der Waals surface area contributed by atoms with E-state index in [1.807, 2.05) is 0 Å². The maximum atomic E-state index is 8.86. The average Bonchev–Trinajstić information content (AvgIpc) is 1.82. The Hall–Kier alpha value is -1.16. The molecule has 0 heterocycles. The zero-order valence-corrected chi connectivity index (χ0v) is 5.72. The molecule has 0 fully saturated rings. The van der Waals surface area contributed by atoms with E-state index in [2.05, 4.69) is 12.6 Å². The molecule has 10 heavy (non-hydrogen) atoms. The molecule has 0 aromatic heterocycles. The van der Waals surface area contributed by atoms with Crippen molar-refractivity contribution < 1.29 is 15.3 Å². The monoisotopic (exact) mass is 157 g/mol. The second kappa shape index (κ2) is 2.22. The minimum atomic E-state index is -0.285. The molecule has 4 heteroatoms. The van der Waals surface area contributed by atoms with E-state index in [0.717, 1.165) is 12.1 Å². The van der Waals surface area contributed by atoms with Gasteiger partial charge in [0.05, 0.1) is 0 Å². The summed E-state index contributed by atoms with van der Waals surface area (Å²) >= 11 is 4.54. The first-order chi connectivity index (χ1) is 4.61. The minimum absolute atomic E-state index is 0.0437. The van der Waals surface area contributed by atoms with Crippen molar-refractivity contribution in [1.82, 2.24) is 0 Å². The number of hydrogen-bond acceptors (Lipinski definition) is 3. The fraction of sp³-hybridized carbons (Fsp3) is 0. The highest BCUT2D eigenvalue weighted by Gasteiger charge is 2.05. The maximum absolute atomic E-state index is 8.86. The van der Waals surface area contributed by atoms with Crippen molar-refractivity contribution in [3.63, 3.8) is 0 Å². The summed E-state index contributed by atoms with van der Waals surface area (Å²) in [6.07, 6.45) is 0. The third-order valence-corrected chi connectivity index (χ3v) is 1.45. The van der Waals surface area contributed by atoms with Gasteiger partial charge in [-0.25, -0.2) is 0 Å². The Labute approximate surface area is 63.0 Å². The van der Waals surface area contributed by atoms with Crippen LogP contribution in [-0.2, 0) is 0 Å². The van der Waals surface area contributed by atoms with E-state index >= 15 is 0 Å². The lowest BCUT2D eigenvalue weighted by atomic mass is 10.3. The molecule has 3 nitrogen and oxygen atoms in total. The van der Waals surface area contributed by atoms with E-state index in [9.17, 15) is 0 Å². The third-order valence-electron chi connectivity index (χ3n) is 1.03. The predicted octanol–water partition coefficient (Wildman–Crippen LogP) is 1.36. The second-order valence-electron chi connectivity index (χ2n) is 1.81. The van der Waals surface area contributed by atoms with Gasteiger partial charge in [-0.3, -0.25) is 0 Å². The summed E-state index contributed by atoms with van der Waals surface area (Å²) in [5, 5.41) is 26.5. The molecule has 0 spiro atoms. The number of rotatable bonds is 0. The van der Waals surface area contributed by atoms with Crippen molar-refractivity contribution in [2.75, 3.05) is 0 Å². The highest BCUT2D eigenvalue weighted by atomic mass is 32.1. The highest BCUT2D eigenvalue weighted by molar-refractivity contribution is 7.80. The summed E-state index contributed by atoms with van der Waals surface area (Å²) in [5.74, 6) is -0.774. The highest BCUT2D eigenvalue weighted by Crippen LogP contribution is 2.34. The Morgan fingerprint density at radius 3 is 1.80 bits per heavy atom. The molecule has 0 aliphatic rings. The molecule has 0 atom stereocenters. The van der Waals surface area contributed by atoms with Crippen LogP contribution in [0, 0.1) is 0 Å². The van der Waals surface area contributed by atoms with Crippen molar-refractivity contribution in [3.05, 3.63) is 12.1 Å². The van der Waals surface area contributed by atoms with E-state index in [4.69, 9.17) is 15.3 Å². The molecular weight excluding hydrogens is 152 g/mol. The topological polar surface area (TPSA) is 60.7 Å². The minimum Gasteiger partial charge on any atom is -0.508 e. The SMILES string of the molecule is Oc1cc(O)c([S])c(O)c1. The normalized spacial score (nSPS) is 9.60. The van der Waals surface area contributed by atoms with Gasteiger partial charge in [0.15, 0.2) is 0 Å². The molecule has 0 unspecified atom stereocenters. The zero-order chi connectivity index (χ0) is 7.72. The van der Waals surface area contributed by atoms with Crippen molar-refractivity contribution in [2.24, 2.45) is 0 Å². The van der Waals surface area contributed by atoms with Gasteiger partial charge >= 0.3 is 0 Å². The molecule has 0 saturated heterocycles. The molecule has 3 N–H and O–H groups in total. The zero-order valence-electron chi connectivity index (χ0n) is 4.90. The first-order valence-corrected chi connectivity index (χ1v) is 2.94. The van der Waals surface area contributed by atoms with Crippen LogP contribution in [0.3, 0.4) is 0 Å². The van der Waals surface area contributed by atoms with Crippen molar-refractivity contribution in [2.45, 2.75) is 4.90 Å². The van der Waals surface area contributed by atoms with Crippen LogP contribution in [0.5, 0.6) is 17.2 Å². The summed E-state index contributed by atoms with van der Waals surface area (Å²) in [6, 6.07) is 2.14. The van der Waals surface area contributed by atoms with Gasteiger partial charge in [-0.15, -0.1) is 0 Å². The Balaban J connectivity index is 3.31. The lowest BCUT2D eigenvalue weighted by molar-refractivity contribution is 0.411. The molecule has 0 bridgehead atoms. The van der Waals surface area contributed by atoms with Gasteiger partial charge in [0.1, 0.15) is 22.1 Å². The lowest BCUT2D eigenvalue weighted by Gasteiger charge is -1.99. The first-order valence-electron chi connectivity index (χ1n) is 2.53. The number of hydrogen-bond donors (Lipinski definition) is 3. The van der Waals surface area contributed by atoms with Crippen molar-refractivity contribution in [3.8, 4) is 17.2 Å². The van der Waals surface area contributed by atoms with Crippen LogP contribution < -0.4 is 0 Å². The van der Waals surface area contributed by atoms with Gasteiger partial charge in [0.2, 0.25) is 0 Å². The first kappa shape index (κ1) is 6.95. The lowest BCUT2D eigenvalue weighted by Crippen LogP contribution is -1.71. The van der Waals surface area contributed by atoms with E-state index in [0.29, 0.717) is 0 Å². The summed E-state index contributed by atoms with van der Waals surface area (Å²) in [4.78, 5) is -0.0437. The van der Waals surface area contributed by atoms with Crippen LogP contribution in [0.4, 0.5) is 0 Å². The Kier molecular flexibility index (Phi) is 1.55. The Bertz CT molecular complexity index is 236. The van der Waals surface area contributed by atoms with Crippen LogP contribution in [0.1, 0.15) is 0 Å². The third kappa shape index (κ3) is 1.06. The number of aromatic hydroxyl groups is 3. The largest absolute Gasteiger partial charge is 0.508 e. The maximum Gasteiger partial charge on any atom is 0.141 e. The van der Waals surface area contributed by atoms with Crippen molar-refractivity contribution in [1.29, 1.82) is 0 Å². The molecule has 0 aliphatic carbocycles. The van der Waals surface area contributed by atoms with Crippen LogP contribution in [0.25, 0.3) is 0 Å². The van der Waals surface area contributed by atoms with E-state index in [1.165, 1.54) is 0 Å². The molecule has 1 radical (unpaired) electrons. The Morgan fingerprint density at radius 1 is 1.00 bits per heavy atom. The fourth-order valence-electron chi connectivity index (χ4n) is 0.584. The summed E-state index contributed by atoms with van der Waals surface area (Å²) < 4.78 is 0. The standard InChI is InChI=1S/C6H5O3S/c7-3-1-4(8)6(10)5(9)2-3/h1-2,7-9H. The quantitative estimate of drug-likeness (QED) is 0.533. The molecule has 0 aliphatic heterocycles. The summed E-state index contributed by atoms with van der Waals surface area (Å²) in [5.41, 5.74) is 0. The van der Waals surface area contributed by atoms with E-state index < -0.39 is 0 Å². The van der Waals surface area contributed by atoms with Crippen LogP contribution in [-0.4, -0.2) is 15.3 Å². The molecule has 0 saturated carbocycles. The van der Waals surface area contributed by atoms with Gasteiger partial charge in [0.25, 0.3) is 0 Å². The summed E-state index contributed by atoms with van der Waals surface area (Å²) in [7, 11) is 0. The second-order valence-corrected chi connectivity index (χ2v) is 2.22. The Morgan fingerprint density at radius 2 is 1.40 bits per heavy atom.